The number of nitrogens with one attached hydrogen (secondary N) is 1. The molecule has 2 heterocycles. The maximum absolute atomic E-state index is 5.25. The molecule has 0 amide bonds. The molecule has 1 unspecified atom stereocenters. The zero-order chi connectivity index (χ0) is 15.1. The first-order valence-corrected chi connectivity index (χ1v) is 7.73. The smallest absolute Gasteiger partial charge is 0.232 e. The highest BCUT2D eigenvalue weighted by atomic mass is 16.5. The average molecular weight is 294 g/mol. The van der Waals surface area contributed by atoms with E-state index < -0.39 is 0 Å². The van der Waals surface area contributed by atoms with Crippen molar-refractivity contribution in [3.8, 4) is 11.8 Å². The summed E-state index contributed by atoms with van der Waals surface area (Å²) >= 11 is 0. The Bertz CT molecular complexity index is 419. The average Bonchev–Trinajstić information content (AvgIpc) is 2.55. The lowest BCUT2D eigenvalue weighted by Gasteiger charge is -2.36. The first-order valence-electron chi connectivity index (χ1n) is 7.73. The number of ether oxygens (including phenoxy) is 2. The van der Waals surface area contributed by atoms with Crippen molar-refractivity contribution in [2.45, 2.75) is 38.6 Å². The van der Waals surface area contributed by atoms with Crippen LogP contribution in [0.1, 0.15) is 32.6 Å². The fraction of sp³-hybridized carbons (Fsp3) is 0.733. The highest BCUT2D eigenvalue weighted by Gasteiger charge is 2.25. The van der Waals surface area contributed by atoms with Crippen LogP contribution in [-0.2, 0) is 0 Å². The predicted molar refractivity (Wildman–Crippen MR) is 83.3 cm³/mol. The lowest BCUT2D eigenvalue weighted by molar-refractivity contribution is 0.366. The van der Waals surface area contributed by atoms with Crippen molar-refractivity contribution in [1.82, 2.24) is 15.3 Å². The third kappa shape index (κ3) is 4.20. The van der Waals surface area contributed by atoms with Gasteiger partial charge in [-0.3, -0.25) is 0 Å². The molecule has 1 atom stereocenters. The van der Waals surface area contributed by atoms with E-state index in [0.717, 1.165) is 26.1 Å². The van der Waals surface area contributed by atoms with E-state index >= 15 is 0 Å². The quantitative estimate of drug-likeness (QED) is 0.775. The van der Waals surface area contributed by atoms with Crippen LogP contribution < -0.4 is 19.7 Å². The second-order valence-corrected chi connectivity index (χ2v) is 5.30. The zero-order valence-electron chi connectivity index (χ0n) is 13.3. The second kappa shape index (κ2) is 8.02. The molecule has 0 bridgehead atoms. The van der Waals surface area contributed by atoms with Gasteiger partial charge in [-0.1, -0.05) is 6.92 Å². The van der Waals surface area contributed by atoms with Crippen LogP contribution in [0.15, 0.2) is 6.07 Å². The molecule has 118 valence electrons. The van der Waals surface area contributed by atoms with E-state index in [1.807, 2.05) is 0 Å². The van der Waals surface area contributed by atoms with Gasteiger partial charge in [-0.25, -0.2) is 0 Å². The van der Waals surface area contributed by atoms with E-state index in [1.54, 1.807) is 20.3 Å². The zero-order valence-corrected chi connectivity index (χ0v) is 13.3. The molecule has 2 rings (SSSR count). The fourth-order valence-corrected chi connectivity index (χ4v) is 2.65. The summed E-state index contributed by atoms with van der Waals surface area (Å²) in [6.07, 6.45) is 4.75. The van der Waals surface area contributed by atoms with Crippen molar-refractivity contribution < 1.29 is 9.47 Å². The molecule has 1 aliphatic rings. The van der Waals surface area contributed by atoms with Crippen molar-refractivity contribution in [2.75, 3.05) is 38.8 Å². The van der Waals surface area contributed by atoms with Gasteiger partial charge >= 0.3 is 0 Å². The number of aromatic nitrogens is 2. The monoisotopic (exact) mass is 294 g/mol. The summed E-state index contributed by atoms with van der Waals surface area (Å²) in [6.45, 7) is 5.18. The molecule has 1 saturated heterocycles. The van der Waals surface area contributed by atoms with Crippen LogP contribution in [0.4, 0.5) is 5.95 Å². The minimum absolute atomic E-state index is 0.433. The number of anilines is 1. The topological polar surface area (TPSA) is 59.5 Å². The molecule has 0 saturated carbocycles. The Balaban J connectivity index is 2.15. The summed E-state index contributed by atoms with van der Waals surface area (Å²) in [6, 6.07) is 2.14. The minimum atomic E-state index is 0.433. The van der Waals surface area contributed by atoms with E-state index in [1.165, 1.54) is 19.3 Å². The SMILES string of the molecule is CCCNCC1CCCCN1c1nc(OC)cc(OC)n1. The van der Waals surface area contributed by atoms with E-state index in [0.29, 0.717) is 23.8 Å². The molecule has 1 aromatic heterocycles. The largest absolute Gasteiger partial charge is 0.481 e. The third-order valence-corrected chi connectivity index (χ3v) is 3.78. The molecule has 1 aliphatic heterocycles. The van der Waals surface area contributed by atoms with Gasteiger partial charge in [0.05, 0.1) is 20.3 Å². The summed E-state index contributed by atoms with van der Waals surface area (Å²) < 4.78 is 10.5. The molecule has 21 heavy (non-hydrogen) atoms. The molecule has 0 aliphatic carbocycles. The Hall–Kier alpha value is -1.56. The van der Waals surface area contributed by atoms with Gasteiger partial charge in [-0.05, 0) is 32.2 Å². The van der Waals surface area contributed by atoms with Crippen LogP contribution in [0.2, 0.25) is 0 Å². The summed E-state index contributed by atoms with van der Waals surface area (Å²) in [5.41, 5.74) is 0. The van der Waals surface area contributed by atoms with Crippen molar-refractivity contribution in [1.29, 1.82) is 0 Å². The van der Waals surface area contributed by atoms with Crippen LogP contribution in [0.25, 0.3) is 0 Å². The Morgan fingerprint density at radius 1 is 1.24 bits per heavy atom. The summed E-state index contributed by atoms with van der Waals surface area (Å²) in [5, 5.41) is 3.50. The number of hydrogen-bond donors (Lipinski definition) is 1. The minimum Gasteiger partial charge on any atom is -0.481 e. The highest BCUT2D eigenvalue weighted by molar-refractivity contribution is 5.38. The first kappa shape index (κ1) is 15.8. The van der Waals surface area contributed by atoms with Gasteiger partial charge in [0, 0.05) is 19.1 Å². The van der Waals surface area contributed by atoms with Gasteiger partial charge in [0.15, 0.2) is 0 Å². The summed E-state index contributed by atoms with van der Waals surface area (Å²) in [4.78, 5) is 11.2. The third-order valence-electron chi connectivity index (χ3n) is 3.78. The Morgan fingerprint density at radius 3 is 2.57 bits per heavy atom. The van der Waals surface area contributed by atoms with E-state index in [9.17, 15) is 0 Å². The predicted octanol–water partition coefficient (Wildman–Crippen LogP) is 1.85. The van der Waals surface area contributed by atoms with Crippen molar-refractivity contribution in [3.63, 3.8) is 0 Å². The molecule has 1 fully saturated rings. The van der Waals surface area contributed by atoms with Gasteiger partial charge in [0.25, 0.3) is 0 Å². The summed E-state index contributed by atoms with van der Waals surface area (Å²) in [5.74, 6) is 1.79. The van der Waals surface area contributed by atoms with Crippen LogP contribution in [0.5, 0.6) is 11.8 Å². The van der Waals surface area contributed by atoms with E-state index in [4.69, 9.17) is 9.47 Å². The fourth-order valence-electron chi connectivity index (χ4n) is 2.65. The van der Waals surface area contributed by atoms with Crippen LogP contribution in [-0.4, -0.2) is 49.9 Å². The molecule has 1 N–H and O–H groups in total. The molecular weight excluding hydrogens is 268 g/mol. The van der Waals surface area contributed by atoms with Gasteiger partial charge in [-0.2, -0.15) is 9.97 Å². The lowest BCUT2D eigenvalue weighted by atomic mass is 10.0. The molecule has 1 aromatic rings. The van der Waals surface area contributed by atoms with Crippen molar-refractivity contribution in [2.24, 2.45) is 0 Å². The lowest BCUT2D eigenvalue weighted by Crippen LogP contribution is -2.46. The standard InChI is InChI=1S/C15H26N4O2/c1-4-8-16-11-12-7-5-6-9-19(12)15-17-13(20-2)10-14(18-15)21-3/h10,12,16H,4-9,11H2,1-3H3. The first-order chi connectivity index (χ1) is 10.3. The van der Waals surface area contributed by atoms with Crippen LogP contribution >= 0.6 is 0 Å². The molecule has 0 aromatic carbocycles. The highest BCUT2D eigenvalue weighted by Crippen LogP contribution is 2.25. The van der Waals surface area contributed by atoms with Crippen LogP contribution in [0, 0.1) is 0 Å². The van der Waals surface area contributed by atoms with Crippen molar-refractivity contribution >= 4 is 5.95 Å². The Kier molecular flexibility index (Phi) is 6.04. The van der Waals surface area contributed by atoms with E-state index in [-0.39, 0.29) is 0 Å². The number of nitrogens with zero attached hydrogens (tertiary/aromatic N) is 3. The maximum Gasteiger partial charge on any atom is 0.232 e. The molecule has 6 nitrogen and oxygen atoms in total. The molecule has 6 heteroatoms. The molecule has 0 spiro atoms. The van der Waals surface area contributed by atoms with E-state index in [2.05, 4.69) is 27.1 Å². The number of methoxy groups -OCH3 is 2. The normalized spacial score (nSPS) is 18.6. The van der Waals surface area contributed by atoms with Gasteiger partial charge in [-0.15, -0.1) is 0 Å². The molecular formula is C15H26N4O2. The van der Waals surface area contributed by atoms with Gasteiger partial charge in [0.2, 0.25) is 17.7 Å². The maximum atomic E-state index is 5.25. The Labute approximate surface area is 126 Å². The Morgan fingerprint density at radius 2 is 1.95 bits per heavy atom. The van der Waals surface area contributed by atoms with Gasteiger partial charge < -0.3 is 19.7 Å². The molecule has 0 radical (unpaired) electrons. The number of rotatable bonds is 7. The number of piperidine rings is 1. The van der Waals surface area contributed by atoms with Crippen LogP contribution in [0.3, 0.4) is 0 Å². The summed E-state index contributed by atoms with van der Waals surface area (Å²) in [7, 11) is 3.23. The second-order valence-electron chi connectivity index (χ2n) is 5.30. The number of hydrogen-bond acceptors (Lipinski definition) is 6. The van der Waals surface area contributed by atoms with Gasteiger partial charge in [0.1, 0.15) is 0 Å². The van der Waals surface area contributed by atoms with Crippen molar-refractivity contribution in [3.05, 3.63) is 6.07 Å².